The van der Waals surface area contributed by atoms with E-state index in [0.717, 1.165) is 0 Å². The number of amides is 1. The lowest BCUT2D eigenvalue weighted by molar-refractivity contribution is -0.145. The number of esters is 1. The standard InChI is InChI=1S/C20H17ClN2O4/c1-2-26-19(24)13-27-18-9-8-14(11-17(18)21)10-15(12-22)20(25)23-16-6-4-3-5-7-16/h3-11H,2,13H2,1H3,(H,23,25)/b15-10+. The highest BCUT2D eigenvalue weighted by atomic mass is 35.5. The van der Waals surface area contributed by atoms with Crippen molar-refractivity contribution in [2.45, 2.75) is 6.92 Å². The smallest absolute Gasteiger partial charge is 0.344 e. The summed E-state index contributed by atoms with van der Waals surface area (Å²) >= 11 is 6.14. The number of halogens is 1. The number of benzene rings is 2. The summed E-state index contributed by atoms with van der Waals surface area (Å²) in [6.07, 6.45) is 1.42. The van der Waals surface area contributed by atoms with E-state index in [-0.39, 0.29) is 23.8 Å². The molecular formula is C20H17ClN2O4. The zero-order chi connectivity index (χ0) is 19.6. The molecule has 0 radical (unpaired) electrons. The molecule has 2 aromatic rings. The highest BCUT2D eigenvalue weighted by Crippen LogP contribution is 2.26. The van der Waals surface area contributed by atoms with E-state index in [4.69, 9.17) is 21.1 Å². The zero-order valence-electron chi connectivity index (χ0n) is 14.6. The number of hydrogen-bond acceptors (Lipinski definition) is 5. The van der Waals surface area contributed by atoms with E-state index in [2.05, 4.69) is 5.32 Å². The van der Waals surface area contributed by atoms with Gasteiger partial charge in [-0.15, -0.1) is 0 Å². The third-order valence-electron chi connectivity index (χ3n) is 3.31. The number of hydrogen-bond donors (Lipinski definition) is 1. The minimum atomic E-state index is -0.525. The lowest BCUT2D eigenvalue weighted by atomic mass is 10.1. The number of para-hydroxylation sites is 1. The number of nitrogens with zero attached hydrogens (tertiary/aromatic N) is 1. The minimum absolute atomic E-state index is 0.0740. The fourth-order valence-corrected chi connectivity index (χ4v) is 2.34. The summed E-state index contributed by atoms with van der Waals surface area (Å²) in [4.78, 5) is 23.6. The third kappa shape index (κ3) is 6.17. The van der Waals surface area contributed by atoms with E-state index in [1.54, 1.807) is 43.3 Å². The molecule has 1 amide bonds. The fraction of sp³-hybridized carbons (Fsp3) is 0.150. The van der Waals surface area contributed by atoms with Crippen molar-refractivity contribution in [2.75, 3.05) is 18.5 Å². The molecule has 0 heterocycles. The summed E-state index contributed by atoms with van der Waals surface area (Å²) in [5.41, 5.74) is 1.06. The zero-order valence-corrected chi connectivity index (χ0v) is 15.3. The third-order valence-corrected chi connectivity index (χ3v) is 3.61. The molecule has 0 saturated heterocycles. The number of nitrogens with one attached hydrogen (secondary N) is 1. The van der Waals surface area contributed by atoms with E-state index in [9.17, 15) is 14.9 Å². The fourth-order valence-electron chi connectivity index (χ4n) is 2.10. The maximum atomic E-state index is 12.2. The monoisotopic (exact) mass is 384 g/mol. The van der Waals surface area contributed by atoms with Gasteiger partial charge < -0.3 is 14.8 Å². The van der Waals surface area contributed by atoms with Gasteiger partial charge in [0, 0.05) is 5.69 Å². The van der Waals surface area contributed by atoms with Crippen LogP contribution >= 0.6 is 11.6 Å². The number of carbonyl (C=O) groups is 2. The van der Waals surface area contributed by atoms with Crippen molar-refractivity contribution in [3.8, 4) is 11.8 Å². The summed E-state index contributed by atoms with van der Waals surface area (Å²) in [5, 5.41) is 12.2. The lowest BCUT2D eigenvalue weighted by Crippen LogP contribution is -2.14. The van der Waals surface area contributed by atoms with Crippen molar-refractivity contribution in [2.24, 2.45) is 0 Å². The SMILES string of the molecule is CCOC(=O)COc1ccc(/C=C(\C#N)C(=O)Nc2ccccc2)cc1Cl. The van der Waals surface area contributed by atoms with Crippen molar-refractivity contribution < 1.29 is 19.1 Å². The Morgan fingerprint density at radius 1 is 1.22 bits per heavy atom. The van der Waals surface area contributed by atoms with Crippen molar-refractivity contribution in [3.05, 3.63) is 64.7 Å². The molecule has 0 aliphatic heterocycles. The first kappa shape index (κ1) is 20.0. The first-order chi connectivity index (χ1) is 13.0. The molecule has 27 heavy (non-hydrogen) atoms. The van der Waals surface area contributed by atoms with Crippen molar-refractivity contribution in [1.82, 2.24) is 0 Å². The molecule has 6 nitrogen and oxygen atoms in total. The molecule has 1 N–H and O–H groups in total. The van der Waals surface area contributed by atoms with Crippen LogP contribution in [0.4, 0.5) is 5.69 Å². The quantitative estimate of drug-likeness (QED) is 0.445. The minimum Gasteiger partial charge on any atom is -0.480 e. The summed E-state index contributed by atoms with van der Waals surface area (Å²) in [5.74, 6) is -0.724. The summed E-state index contributed by atoms with van der Waals surface area (Å²) in [7, 11) is 0. The first-order valence-electron chi connectivity index (χ1n) is 8.09. The van der Waals surface area contributed by atoms with Gasteiger partial charge in [0.25, 0.3) is 5.91 Å². The molecule has 0 spiro atoms. The highest BCUT2D eigenvalue weighted by molar-refractivity contribution is 6.32. The molecule has 138 valence electrons. The topological polar surface area (TPSA) is 88.4 Å². The Kier molecular flexibility index (Phi) is 7.41. The van der Waals surface area contributed by atoms with Gasteiger partial charge >= 0.3 is 5.97 Å². The van der Waals surface area contributed by atoms with Crippen LogP contribution in [0.5, 0.6) is 5.75 Å². The van der Waals surface area contributed by atoms with Crippen molar-refractivity contribution >= 4 is 35.2 Å². The predicted molar refractivity (Wildman–Crippen MR) is 102 cm³/mol. The Bertz CT molecular complexity index is 889. The normalized spacial score (nSPS) is 10.6. The van der Waals surface area contributed by atoms with E-state index >= 15 is 0 Å². The molecule has 7 heteroatoms. The van der Waals surface area contributed by atoms with Gasteiger partial charge in [0.15, 0.2) is 6.61 Å². The maximum Gasteiger partial charge on any atom is 0.344 e. The number of carbonyl (C=O) groups excluding carboxylic acids is 2. The average molecular weight is 385 g/mol. The van der Waals surface area contributed by atoms with E-state index in [1.165, 1.54) is 12.1 Å². The van der Waals surface area contributed by atoms with Gasteiger partial charge in [0.05, 0.1) is 11.6 Å². The van der Waals surface area contributed by atoms with Crippen LogP contribution in [0.2, 0.25) is 5.02 Å². The largest absolute Gasteiger partial charge is 0.480 e. The van der Waals surface area contributed by atoms with Crippen LogP contribution in [0.15, 0.2) is 54.1 Å². The Morgan fingerprint density at radius 2 is 1.96 bits per heavy atom. The molecule has 0 unspecified atom stereocenters. The van der Waals surface area contributed by atoms with Gasteiger partial charge in [-0.3, -0.25) is 4.79 Å². The second-order valence-electron chi connectivity index (χ2n) is 5.27. The predicted octanol–water partition coefficient (Wildman–Crippen LogP) is 3.83. The van der Waals surface area contributed by atoms with Crippen molar-refractivity contribution in [1.29, 1.82) is 5.26 Å². The molecule has 2 aromatic carbocycles. The second kappa shape index (κ2) is 10.00. The molecule has 0 bridgehead atoms. The molecule has 0 aliphatic carbocycles. The van der Waals surface area contributed by atoms with E-state index in [0.29, 0.717) is 17.0 Å². The van der Waals surface area contributed by atoms with Crippen LogP contribution in [-0.4, -0.2) is 25.1 Å². The highest BCUT2D eigenvalue weighted by Gasteiger charge is 2.11. The Hall–Kier alpha value is -3.30. The van der Waals surface area contributed by atoms with Gasteiger partial charge in [-0.2, -0.15) is 5.26 Å². The molecule has 0 aliphatic rings. The molecule has 0 atom stereocenters. The van der Waals surface area contributed by atoms with Crippen LogP contribution < -0.4 is 10.1 Å². The van der Waals surface area contributed by atoms with Crippen LogP contribution in [0.25, 0.3) is 6.08 Å². The second-order valence-corrected chi connectivity index (χ2v) is 5.68. The average Bonchev–Trinajstić information content (AvgIpc) is 2.66. The summed E-state index contributed by atoms with van der Waals surface area (Å²) in [6, 6.07) is 15.4. The van der Waals surface area contributed by atoms with Crippen LogP contribution in [0, 0.1) is 11.3 Å². The summed E-state index contributed by atoms with van der Waals surface area (Å²) < 4.78 is 10.1. The van der Waals surface area contributed by atoms with E-state index in [1.807, 2.05) is 12.1 Å². The van der Waals surface area contributed by atoms with Crippen LogP contribution in [0.3, 0.4) is 0 Å². The van der Waals surface area contributed by atoms with Crippen LogP contribution in [0.1, 0.15) is 12.5 Å². The Morgan fingerprint density at radius 3 is 2.59 bits per heavy atom. The molecular weight excluding hydrogens is 368 g/mol. The number of anilines is 1. The lowest BCUT2D eigenvalue weighted by Gasteiger charge is -2.08. The number of ether oxygens (including phenoxy) is 2. The van der Waals surface area contributed by atoms with Gasteiger partial charge in [-0.25, -0.2) is 4.79 Å². The Labute approximate surface area is 162 Å². The van der Waals surface area contributed by atoms with Gasteiger partial charge in [0.1, 0.15) is 17.4 Å². The van der Waals surface area contributed by atoms with Gasteiger partial charge in [-0.05, 0) is 42.8 Å². The van der Waals surface area contributed by atoms with Crippen LogP contribution in [-0.2, 0) is 14.3 Å². The Balaban J connectivity index is 2.09. The number of rotatable bonds is 7. The molecule has 0 saturated carbocycles. The van der Waals surface area contributed by atoms with Gasteiger partial charge in [-0.1, -0.05) is 35.9 Å². The molecule has 0 aromatic heterocycles. The van der Waals surface area contributed by atoms with Gasteiger partial charge in [0.2, 0.25) is 0 Å². The number of nitriles is 1. The summed E-state index contributed by atoms with van der Waals surface area (Å²) in [6.45, 7) is 1.71. The van der Waals surface area contributed by atoms with Crippen molar-refractivity contribution in [3.63, 3.8) is 0 Å². The molecule has 0 fully saturated rings. The first-order valence-corrected chi connectivity index (χ1v) is 8.47. The molecule has 2 rings (SSSR count). The van der Waals surface area contributed by atoms with E-state index < -0.39 is 11.9 Å². The maximum absolute atomic E-state index is 12.2.